The molecule has 43 heavy (non-hydrogen) atoms. The normalized spacial score (nSPS) is 16.6. The van der Waals surface area contributed by atoms with Crippen LogP contribution in [0.3, 0.4) is 0 Å². The van der Waals surface area contributed by atoms with Crippen molar-refractivity contribution in [1.29, 1.82) is 0 Å². The van der Waals surface area contributed by atoms with E-state index in [0.29, 0.717) is 54.2 Å². The molecule has 1 aliphatic carbocycles. The second kappa shape index (κ2) is 11.6. The van der Waals surface area contributed by atoms with Gasteiger partial charge in [-0.1, -0.05) is 16.8 Å². The van der Waals surface area contributed by atoms with Crippen LogP contribution in [0.15, 0.2) is 53.6 Å². The molecule has 0 atom stereocenters. The Kier molecular flexibility index (Phi) is 7.40. The highest BCUT2D eigenvalue weighted by molar-refractivity contribution is 6.32. The average Bonchev–Trinajstić information content (AvgIpc) is 3.74. The van der Waals surface area contributed by atoms with E-state index >= 15 is 0 Å². The molecule has 3 aromatic heterocycles. The first-order valence-electron chi connectivity index (χ1n) is 14.7. The zero-order valence-electron chi connectivity index (χ0n) is 23.5. The standard InChI is InChI=1S/C31H31ClN8O3/c32-25-17-34-31-37-23-11-19(14-33-15-23)1-2-21-13-22(36-29(25)39-31)5-6-26(21)38-27(41)12-18-7-9-40(10-8-18)30(42)24-16-35-43-28(24)20-3-4-20/h5-6,11,13-18,20H,1-4,7-10,12H2,(H,38,41)(H2,34,36,37,39). The third-order valence-corrected chi connectivity index (χ3v) is 8.55. The number of amides is 2. The first-order valence-corrected chi connectivity index (χ1v) is 15.0. The van der Waals surface area contributed by atoms with Gasteiger partial charge in [-0.3, -0.25) is 14.6 Å². The number of aryl methyl sites for hydroxylation is 2. The molecule has 1 saturated carbocycles. The molecule has 11 nitrogen and oxygen atoms in total. The summed E-state index contributed by atoms with van der Waals surface area (Å²) in [5.41, 5.74) is 4.98. The van der Waals surface area contributed by atoms with Crippen LogP contribution in [0.2, 0.25) is 5.02 Å². The Hall–Kier alpha value is -4.51. The number of benzene rings is 1. The van der Waals surface area contributed by atoms with Crippen molar-refractivity contribution in [1.82, 2.24) is 25.0 Å². The molecule has 7 rings (SSSR count). The molecule has 1 saturated heterocycles. The number of hydrogen-bond donors (Lipinski definition) is 3. The number of nitrogens with one attached hydrogen (secondary N) is 3. The number of halogens is 1. The molecule has 3 aliphatic rings. The molecular formula is C31H31ClN8O3. The van der Waals surface area contributed by atoms with Gasteiger partial charge in [0.2, 0.25) is 11.9 Å². The van der Waals surface area contributed by atoms with Gasteiger partial charge >= 0.3 is 0 Å². The minimum absolute atomic E-state index is 0.0178. The van der Waals surface area contributed by atoms with Crippen LogP contribution in [0.1, 0.15) is 65.3 Å². The predicted molar refractivity (Wildman–Crippen MR) is 162 cm³/mol. The summed E-state index contributed by atoms with van der Waals surface area (Å²) in [6.07, 6.45) is 12.1. The Balaban J connectivity index is 1.02. The third-order valence-electron chi connectivity index (χ3n) is 8.27. The topological polar surface area (TPSA) is 138 Å². The van der Waals surface area contributed by atoms with Crippen molar-refractivity contribution in [2.75, 3.05) is 29.0 Å². The monoisotopic (exact) mass is 598 g/mol. The summed E-state index contributed by atoms with van der Waals surface area (Å²) in [5.74, 6) is 2.09. The van der Waals surface area contributed by atoms with Gasteiger partial charge in [0.25, 0.3) is 5.91 Å². The number of anilines is 5. The molecule has 3 N–H and O–H groups in total. The van der Waals surface area contributed by atoms with Crippen LogP contribution in [-0.4, -0.2) is 49.9 Å². The lowest BCUT2D eigenvalue weighted by molar-refractivity contribution is -0.117. The molecule has 4 aromatic rings. The van der Waals surface area contributed by atoms with Crippen molar-refractivity contribution in [3.05, 3.63) is 76.5 Å². The van der Waals surface area contributed by atoms with Crippen molar-refractivity contribution in [2.24, 2.45) is 5.92 Å². The number of nitrogens with zero attached hydrogens (tertiary/aromatic N) is 5. The number of pyridine rings is 1. The van der Waals surface area contributed by atoms with Crippen LogP contribution in [0, 0.1) is 5.92 Å². The molecule has 0 radical (unpaired) electrons. The summed E-state index contributed by atoms with van der Waals surface area (Å²) in [6, 6.07) is 7.85. The van der Waals surface area contributed by atoms with Gasteiger partial charge in [-0.05, 0) is 79.8 Å². The van der Waals surface area contributed by atoms with Gasteiger partial charge in [0.05, 0.1) is 24.3 Å². The van der Waals surface area contributed by atoms with E-state index in [2.05, 4.69) is 36.1 Å². The Labute approximate surface area is 253 Å². The minimum atomic E-state index is -0.0314. The van der Waals surface area contributed by atoms with Gasteiger partial charge in [0.1, 0.15) is 10.6 Å². The molecule has 5 heterocycles. The summed E-state index contributed by atoms with van der Waals surface area (Å²) in [7, 11) is 0. The fraction of sp³-hybridized carbons (Fsp3) is 0.355. The third kappa shape index (κ3) is 6.17. The maximum Gasteiger partial charge on any atom is 0.259 e. The SMILES string of the molecule is O=C(CC1CCN(C(=O)c2cnoc2C2CC2)CC1)Nc1ccc2cc1CCc1cncc(c1)Nc1ncc(Cl)c(n1)N2. The molecule has 2 fully saturated rings. The van der Waals surface area contributed by atoms with Crippen molar-refractivity contribution in [2.45, 2.75) is 50.9 Å². The summed E-state index contributed by atoms with van der Waals surface area (Å²) >= 11 is 6.39. The number of carbonyl (C=O) groups is 2. The van der Waals surface area contributed by atoms with Crippen molar-refractivity contribution in [3.63, 3.8) is 0 Å². The number of likely N-dealkylation sites (tertiary alicyclic amines) is 1. The quantitative estimate of drug-likeness (QED) is 0.258. The lowest BCUT2D eigenvalue weighted by Crippen LogP contribution is -2.39. The average molecular weight is 599 g/mol. The first kappa shape index (κ1) is 27.3. The van der Waals surface area contributed by atoms with Gasteiger partial charge < -0.3 is 25.4 Å². The molecule has 2 amide bonds. The van der Waals surface area contributed by atoms with E-state index in [9.17, 15) is 9.59 Å². The highest BCUT2D eigenvalue weighted by atomic mass is 35.5. The fourth-order valence-electron chi connectivity index (χ4n) is 5.78. The van der Waals surface area contributed by atoms with Gasteiger partial charge in [0.15, 0.2) is 11.6 Å². The number of fused-ring (bicyclic) bond motifs is 6. The minimum Gasteiger partial charge on any atom is -0.360 e. The van der Waals surface area contributed by atoms with Crippen molar-refractivity contribution >= 4 is 52.2 Å². The summed E-state index contributed by atoms with van der Waals surface area (Å²) in [6.45, 7) is 1.24. The smallest absolute Gasteiger partial charge is 0.259 e. The van der Waals surface area contributed by atoms with E-state index in [1.54, 1.807) is 18.6 Å². The largest absolute Gasteiger partial charge is 0.360 e. The fourth-order valence-corrected chi connectivity index (χ4v) is 5.91. The summed E-state index contributed by atoms with van der Waals surface area (Å²) in [4.78, 5) is 41.4. The molecule has 0 spiro atoms. The Morgan fingerprint density at radius 1 is 1.00 bits per heavy atom. The second-order valence-electron chi connectivity index (χ2n) is 11.5. The van der Waals surface area contributed by atoms with Crippen LogP contribution in [-0.2, 0) is 17.6 Å². The lowest BCUT2D eigenvalue weighted by atomic mass is 9.92. The Morgan fingerprint density at radius 2 is 1.86 bits per heavy atom. The zero-order chi connectivity index (χ0) is 29.3. The number of hydrogen-bond acceptors (Lipinski definition) is 9. The molecule has 220 valence electrons. The van der Waals surface area contributed by atoms with E-state index < -0.39 is 0 Å². The van der Waals surface area contributed by atoms with Crippen molar-refractivity contribution in [3.8, 4) is 0 Å². The van der Waals surface area contributed by atoms with Gasteiger partial charge in [-0.2, -0.15) is 4.98 Å². The van der Waals surface area contributed by atoms with Crippen LogP contribution in [0.25, 0.3) is 0 Å². The van der Waals surface area contributed by atoms with E-state index in [-0.39, 0.29) is 17.7 Å². The molecule has 1 aromatic carbocycles. The maximum atomic E-state index is 13.2. The summed E-state index contributed by atoms with van der Waals surface area (Å²) in [5, 5.41) is 13.9. The van der Waals surface area contributed by atoms with Crippen LogP contribution in [0.5, 0.6) is 0 Å². The summed E-state index contributed by atoms with van der Waals surface area (Å²) < 4.78 is 5.36. The van der Waals surface area contributed by atoms with Gasteiger partial charge in [-0.25, -0.2) is 4.98 Å². The van der Waals surface area contributed by atoms with Gasteiger partial charge in [0, 0.05) is 43.0 Å². The number of aromatic nitrogens is 4. The van der Waals surface area contributed by atoms with E-state index in [1.807, 2.05) is 35.4 Å². The van der Waals surface area contributed by atoms with Gasteiger partial charge in [-0.15, -0.1) is 0 Å². The van der Waals surface area contributed by atoms with Crippen LogP contribution in [0.4, 0.5) is 28.8 Å². The highest BCUT2D eigenvalue weighted by Gasteiger charge is 2.35. The molecule has 12 heteroatoms. The zero-order valence-corrected chi connectivity index (χ0v) is 24.2. The Bertz CT molecular complexity index is 1680. The maximum absolute atomic E-state index is 13.2. The van der Waals surface area contributed by atoms with Crippen LogP contribution >= 0.6 is 11.6 Å². The lowest BCUT2D eigenvalue weighted by Gasteiger charge is -2.31. The molecule has 0 unspecified atom stereocenters. The van der Waals surface area contributed by atoms with E-state index in [0.717, 1.165) is 66.1 Å². The van der Waals surface area contributed by atoms with Crippen molar-refractivity contribution < 1.29 is 14.1 Å². The second-order valence-corrected chi connectivity index (χ2v) is 11.9. The molecular weight excluding hydrogens is 568 g/mol. The van der Waals surface area contributed by atoms with E-state index in [1.165, 1.54) is 0 Å². The van der Waals surface area contributed by atoms with Crippen LogP contribution < -0.4 is 16.0 Å². The number of rotatable bonds is 5. The molecule has 6 bridgehead atoms. The van der Waals surface area contributed by atoms with E-state index in [4.69, 9.17) is 16.1 Å². The molecule has 2 aliphatic heterocycles. The predicted octanol–water partition coefficient (Wildman–Crippen LogP) is 5.86. The Morgan fingerprint density at radius 3 is 2.70 bits per heavy atom. The first-order chi connectivity index (χ1) is 21.0. The number of carbonyl (C=O) groups excluding carboxylic acids is 2. The number of piperidine rings is 1. The highest BCUT2D eigenvalue weighted by Crippen LogP contribution is 2.42.